The lowest BCUT2D eigenvalue weighted by Crippen LogP contribution is -2.57. The first kappa shape index (κ1) is 25.3. The van der Waals surface area contributed by atoms with Gasteiger partial charge < -0.3 is 25.8 Å². The van der Waals surface area contributed by atoms with Gasteiger partial charge in [0.15, 0.2) is 16.7 Å². The van der Waals surface area contributed by atoms with E-state index in [1.165, 1.54) is 24.4 Å². The van der Waals surface area contributed by atoms with E-state index in [-0.39, 0.29) is 34.4 Å². The van der Waals surface area contributed by atoms with E-state index in [1.54, 1.807) is 30.9 Å². The normalized spacial score (nSPS) is 15.6. The van der Waals surface area contributed by atoms with Crippen LogP contribution < -0.4 is 10.5 Å². The van der Waals surface area contributed by atoms with E-state index < -0.39 is 23.2 Å². The van der Waals surface area contributed by atoms with Crippen LogP contribution in [-0.2, 0) is 19.4 Å². The van der Waals surface area contributed by atoms with Crippen LogP contribution in [0.25, 0.3) is 22.5 Å². The van der Waals surface area contributed by atoms with Gasteiger partial charge in [0.2, 0.25) is 0 Å². The summed E-state index contributed by atoms with van der Waals surface area (Å²) in [7, 11) is 12.6. The molecular weight excluding hydrogens is 500 g/mol. The molecule has 1 atom stereocenters. The highest BCUT2D eigenvalue weighted by Crippen LogP contribution is 2.41. The molecule has 0 saturated carbocycles. The van der Waals surface area contributed by atoms with Gasteiger partial charge in [-0.15, -0.1) is 0 Å². The highest BCUT2D eigenvalue weighted by atomic mass is 35.5. The fourth-order valence-corrected chi connectivity index (χ4v) is 4.61. The van der Waals surface area contributed by atoms with Gasteiger partial charge in [-0.05, 0) is 31.2 Å². The summed E-state index contributed by atoms with van der Waals surface area (Å²) in [5.74, 6) is -3.60. The smallest absolute Gasteiger partial charge is 0.278 e. The summed E-state index contributed by atoms with van der Waals surface area (Å²) in [5, 5.41) is 37.0. The van der Waals surface area contributed by atoms with E-state index in [0.717, 1.165) is 0 Å². The summed E-state index contributed by atoms with van der Waals surface area (Å²) < 4.78 is 22.6. The summed E-state index contributed by atoms with van der Waals surface area (Å²) >= 11 is 6.50. The zero-order valence-electron chi connectivity index (χ0n) is 19.7. The van der Waals surface area contributed by atoms with Crippen molar-refractivity contribution in [3.8, 4) is 28.3 Å². The molecule has 4 heterocycles. The summed E-state index contributed by atoms with van der Waals surface area (Å²) in [6, 6.07) is 5.77. The highest BCUT2D eigenvalue weighted by molar-refractivity contribution is 6.39. The number of aryl methyl sites for hydroxylation is 1. The molecule has 1 aliphatic rings. The van der Waals surface area contributed by atoms with Crippen LogP contribution in [0.1, 0.15) is 29.7 Å². The largest absolute Gasteiger partial charge is 0.482 e. The van der Waals surface area contributed by atoms with Crippen molar-refractivity contribution < 1.29 is 24.4 Å². The Labute approximate surface area is 218 Å². The first-order valence-electron chi connectivity index (χ1n) is 11.1. The third-order valence-corrected chi connectivity index (χ3v) is 6.51. The maximum absolute atomic E-state index is 14.3. The lowest BCUT2D eigenvalue weighted by Gasteiger charge is -2.35. The average Bonchev–Trinajstić information content (AvgIpc) is 3.33. The minimum absolute atomic E-state index is 0.0243. The Kier molecular flexibility index (Phi) is 5.87. The van der Waals surface area contributed by atoms with E-state index in [0.29, 0.717) is 32.6 Å². The van der Waals surface area contributed by atoms with Crippen LogP contribution in [-0.4, -0.2) is 61.0 Å². The fraction of sp³-hybridized carbons (Fsp3) is 0.261. The number of pyridine rings is 1. The third-order valence-electron chi connectivity index (χ3n) is 6.20. The van der Waals surface area contributed by atoms with Crippen molar-refractivity contribution in [2.75, 3.05) is 5.73 Å². The molecule has 10 nitrogen and oxygen atoms in total. The van der Waals surface area contributed by atoms with Crippen molar-refractivity contribution in [1.29, 1.82) is 0 Å². The van der Waals surface area contributed by atoms with Crippen molar-refractivity contribution in [3.05, 3.63) is 64.3 Å². The van der Waals surface area contributed by atoms with Crippen LogP contribution in [0.15, 0.2) is 36.7 Å². The highest BCUT2D eigenvalue weighted by Gasteiger charge is 2.45. The fourth-order valence-electron chi connectivity index (χ4n) is 4.37. The summed E-state index contributed by atoms with van der Waals surface area (Å²) in [5.41, 5.74) is 8.96. The first-order chi connectivity index (χ1) is 17.3. The molecule has 37 heavy (non-hydrogen) atoms. The van der Waals surface area contributed by atoms with Crippen LogP contribution in [0.2, 0.25) is 5.15 Å². The number of rotatable bonds is 2. The lowest BCUT2D eigenvalue weighted by molar-refractivity contribution is -0.283. The van der Waals surface area contributed by atoms with Gasteiger partial charge >= 0.3 is 0 Å². The van der Waals surface area contributed by atoms with Gasteiger partial charge in [0, 0.05) is 53.7 Å². The Morgan fingerprint density at radius 1 is 1.22 bits per heavy atom. The number of hydrogen-bond acceptors (Lipinski definition) is 8. The molecule has 3 aromatic heterocycles. The second-order valence-corrected chi connectivity index (χ2v) is 9.30. The average molecular weight is 521 g/mol. The number of nitrogens with two attached hydrogens (primary N) is 1. The van der Waals surface area contributed by atoms with Crippen LogP contribution in [0.5, 0.6) is 5.75 Å². The lowest BCUT2D eigenvalue weighted by atomic mass is 9.62. The van der Waals surface area contributed by atoms with Crippen molar-refractivity contribution in [2.24, 2.45) is 7.05 Å². The van der Waals surface area contributed by atoms with Crippen LogP contribution in [0, 0.1) is 5.82 Å². The molecule has 186 valence electrons. The second-order valence-electron chi connectivity index (χ2n) is 8.94. The molecule has 5 rings (SSSR count). The topological polar surface area (TPSA) is 144 Å². The van der Waals surface area contributed by atoms with E-state index in [2.05, 4.69) is 15.2 Å². The molecule has 4 aromatic rings. The maximum Gasteiger partial charge on any atom is 0.278 e. The number of aromatic nitrogens is 5. The molecule has 0 unspecified atom stereocenters. The first-order valence-corrected chi connectivity index (χ1v) is 11.4. The number of anilines is 1. The molecule has 1 aromatic carbocycles. The molecule has 0 spiro atoms. The van der Waals surface area contributed by atoms with Gasteiger partial charge in [0.1, 0.15) is 27.6 Å². The molecule has 0 fully saturated rings. The molecular formula is C23H20B2ClFN6O4. The zero-order chi connectivity index (χ0) is 26.9. The Hall–Kier alpha value is -3.38. The van der Waals surface area contributed by atoms with Gasteiger partial charge in [-0.2, -0.15) is 10.2 Å². The van der Waals surface area contributed by atoms with Gasteiger partial charge in [0.05, 0.1) is 16.8 Å². The summed E-state index contributed by atoms with van der Waals surface area (Å²) in [6.45, 7) is 1.72. The number of hydrogen-bond donors (Lipinski definition) is 4. The van der Waals surface area contributed by atoms with Gasteiger partial charge in [-0.1, -0.05) is 11.6 Å². The number of nitrogen functional groups attached to an aromatic ring is 1. The number of fused-ring (bicyclic) bond motifs is 7. The van der Waals surface area contributed by atoms with Gasteiger partial charge in [-0.3, -0.25) is 4.68 Å². The molecule has 4 radical (unpaired) electrons. The van der Waals surface area contributed by atoms with Gasteiger partial charge in [0.25, 0.3) is 5.91 Å². The molecule has 1 aliphatic heterocycles. The Morgan fingerprint density at radius 3 is 2.65 bits per heavy atom. The molecule has 5 N–H and O–H groups in total. The minimum Gasteiger partial charge on any atom is -0.482 e. The summed E-state index contributed by atoms with van der Waals surface area (Å²) in [4.78, 5) is 4.17. The quantitative estimate of drug-likeness (QED) is 0.229. The molecule has 14 heteroatoms. The number of benzene rings is 1. The van der Waals surface area contributed by atoms with Crippen molar-refractivity contribution in [1.82, 2.24) is 24.5 Å². The van der Waals surface area contributed by atoms with Crippen molar-refractivity contribution in [2.45, 2.75) is 30.8 Å². The second kappa shape index (κ2) is 8.59. The van der Waals surface area contributed by atoms with E-state index in [1.807, 2.05) is 0 Å². The van der Waals surface area contributed by atoms with Crippen LogP contribution >= 0.6 is 11.6 Å². The van der Waals surface area contributed by atoms with E-state index in [4.69, 9.17) is 37.8 Å². The van der Waals surface area contributed by atoms with Gasteiger partial charge in [-0.25, -0.2) is 14.1 Å². The van der Waals surface area contributed by atoms with Crippen LogP contribution in [0.4, 0.5) is 10.2 Å². The molecule has 2 bridgehead atoms. The van der Waals surface area contributed by atoms with E-state index in [9.17, 15) is 19.7 Å². The predicted octanol–water partition coefficient (Wildman–Crippen LogP) is 1.34. The third kappa shape index (κ3) is 4.17. The molecule has 0 saturated heterocycles. The summed E-state index contributed by atoms with van der Waals surface area (Å²) in [6.07, 6.45) is 2.48. The number of halogens is 2. The standard InChI is InChI=1S/C23H20B2ClFN6O4/c1-10-15-7-13(27)3-4-14(15)18-12(9-32(2)30-18)5-16-19(11-6-17(37-10)21(28)29-8-11)33(31-20(16)26)23(35,36)22(24,25)34/h3-4,6-10,34-36H,5H2,1-2H3,(H2,28,29)/t10-/m1/s1. The molecule has 0 aliphatic carbocycles. The predicted molar refractivity (Wildman–Crippen MR) is 134 cm³/mol. The Balaban J connectivity index is 1.86. The maximum atomic E-state index is 14.3. The minimum atomic E-state index is -3.29. The molecule has 0 amide bonds. The number of nitrogens with zero attached hydrogens (tertiary/aromatic N) is 5. The van der Waals surface area contributed by atoms with Crippen LogP contribution in [0.3, 0.4) is 0 Å². The zero-order valence-corrected chi connectivity index (χ0v) is 20.5. The number of ether oxygens (including phenoxy) is 1. The Morgan fingerprint density at radius 2 is 1.95 bits per heavy atom. The van der Waals surface area contributed by atoms with Crippen molar-refractivity contribution >= 4 is 33.1 Å². The monoisotopic (exact) mass is 520 g/mol. The Bertz CT molecular complexity index is 1530. The van der Waals surface area contributed by atoms with Crippen molar-refractivity contribution in [3.63, 3.8) is 0 Å². The SMILES string of the molecule is [B]C([B])(O)C(O)(O)n1nc(Cl)c2c1-c1cnc(N)c(c1)O[C@H](C)c1cc(F)ccc1-c1nn(C)cc1C2. The van der Waals surface area contributed by atoms with E-state index >= 15 is 0 Å². The number of aliphatic hydroxyl groups is 3.